The van der Waals surface area contributed by atoms with E-state index in [0.29, 0.717) is 0 Å². The second kappa shape index (κ2) is 4.46. The van der Waals surface area contributed by atoms with Crippen LogP contribution in [0.25, 0.3) is 0 Å². The summed E-state index contributed by atoms with van der Waals surface area (Å²) < 4.78 is 37.3. The Bertz CT molecular complexity index is 437. The smallest absolute Gasteiger partial charge is 0.246 e. The second-order valence-electron chi connectivity index (χ2n) is 2.45. The molecule has 0 unspecified atom stereocenters. The van der Waals surface area contributed by atoms with Gasteiger partial charge in [-0.05, 0) is 34.1 Å². The Hall–Kier alpha value is -0.330. The number of hydrogen-bond donors (Lipinski definition) is 1. The number of rotatable bonds is 3. The first-order valence-electron chi connectivity index (χ1n) is 3.46. The summed E-state index contributed by atoms with van der Waals surface area (Å²) in [7, 11) is -3.57. The fourth-order valence-electron chi connectivity index (χ4n) is 0.766. The Balaban J connectivity index is 2.94. The molecule has 0 bridgehead atoms. The van der Waals surface area contributed by atoms with Crippen LogP contribution in [0.5, 0.6) is 0 Å². The Morgan fingerprint density at radius 3 is 2.64 bits per heavy atom. The first kappa shape index (κ1) is 11.7. The van der Waals surface area contributed by atoms with E-state index in [1.807, 2.05) is 0 Å². The van der Waals surface area contributed by atoms with Crippen molar-refractivity contribution < 1.29 is 12.8 Å². The van der Waals surface area contributed by atoms with Crippen LogP contribution in [-0.4, -0.2) is 13.6 Å². The lowest BCUT2D eigenvalue weighted by molar-refractivity contribution is 0.605. The van der Waals surface area contributed by atoms with E-state index in [0.717, 1.165) is 6.07 Å². The molecule has 0 fully saturated rings. The molecule has 0 heterocycles. The summed E-state index contributed by atoms with van der Waals surface area (Å²) in [6, 6.07) is 3.90. The molecular weight excluding hydrogens is 297 g/mol. The highest BCUT2D eigenvalue weighted by Gasteiger charge is 2.09. The molecule has 3 nitrogen and oxygen atoms in total. The normalized spacial score (nSPS) is 11.4. The van der Waals surface area contributed by atoms with Crippen LogP contribution in [0.1, 0.15) is 0 Å². The lowest BCUT2D eigenvalue weighted by atomic mass is 10.3. The minimum atomic E-state index is -3.57. The van der Waals surface area contributed by atoms with E-state index in [1.165, 1.54) is 12.1 Å². The van der Waals surface area contributed by atoms with Gasteiger partial charge in [0.05, 0.1) is 10.2 Å². The third kappa shape index (κ3) is 3.11. The van der Waals surface area contributed by atoms with Gasteiger partial charge in [0.1, 0.15) is 11.0 Å². The van der Waals surface area contributed by atoms with Gasteiger partial charge in [-0.15, -0.1) is 11.6 Å². The topological polar surface area (TPSA) is 46.2 Å². The van der Waals surface area contributed by atoms with E-state index in [1.54, 1.807) is 0 Å². The molecule has 0 radical (unpaired) electrons. The van der Waals surface area contributed by atoms with Gasteiger partial charge >= 0.3 is 0 Å². The van der Waals surface area contributed by atoms with Gasteiger partial charge < -0.3 is 0 Å². The number of sulfonamides is 1. The third-order valence-corrected chi connectivity index (χ3v) is 3.68. The number of hydrogen-bond acceptors (Lipinski definition) is 2. The van der Waals surface area contributed by atoms with Crippen LogP contribution in [-0.2, 0) is 10.0 Å². The largest absolute Gasteiger partial charge is 0.282 e. The van der Waals surface area contributed by atoms with Crippen molar-refractivity contribution in [3.05, 3.63) is 28.5 Å². The molecule has 14 heavy (non-hydrogen) atoms. The van der Waals surface area contributed by atoms with Gasteiger partial charge in [-0.25, -0.2) is 12.8 Å². The van der Waals surface area contributed by atoms with E-state index in [-0.39, 0.29) is 10.2 Å². The summed E-state index contributed by atoms with van der Waals surface area (Å²) in [6.07, 6.45) is 0. The molecule has 0 spiro atoms. The Labute approximate surface area is 94.4 Å². The molecule has 0 aliphatic rings. The molecule has 0 saturated heterocycles. The predicted molar refractivity (Wildman–Crippen MR) is 57.4 cm³/mol. The zero-order valence-electron chi connectivity index (χ0n) is 6.80. The lowest BCUT2D eigenvalue weighted by Crippen LogP contribution is -2.13. The van der Waals surface area contributed by atoms with E-state index >= 15 is 0 Å². The van der Waals surface area contributed by atoms with E-state index in [4.69, 9.17) is 11.6 Å². The molecule has 1 N–H and O–H groups in total. The van der Waals surface area contributed by atoms with Gasteiger partial charge in [-0.2, -0.15) is 0 Å². The summed E-state index contributed by atoms with van der Waals surface area (Å²) in [4.78, 5) is 0. The number of alkyl halides is 1. The van der Waals surface area contributed by atoms with Crippen molar-refractivity contribution in [1.82, 2.24) is 0 Å². The highest BCUT2D eigenvalue weighted by atomic mass is 79.9. The van der Waals surface area contributed by atoms with Crippen molar-refractivity contribution in [3.63, 3.8) is 0 Å². The molecule has 0 amide bonds. The van der Waals surface area contributed by atoms with Crippen molar-refractivity contribution in [2.24, 2.45) is 0 Å². The highest BCUT2D eigenvalue weighted by molar-refractivity contribution is 9.10. The molecule has 1 aromatic carbocycles. The Morgan fingerprint density at radius 1 is 1.50 bits per heavy atom. The second-order valence-corrected chi connectivity index (χ2v) is 5.62. The highest BCUT2D eigenvalue weighted by Crippen LogP contribution is 2.20. The number of anilines is 1. The van der Waals surface area contributed by atoms with Crippen LogP contribution in [0, 0.1) is 5.82 Å². The Kier molecular flexibility index (Phi) is 3.74. The average molecular weight is 303 g/mol. The fourth-order valence-corrected chi connectivity index (χ4v) is 1.72. The number of nitrogens with one attached hydrogen (secondary N) is 1. The maximum absolute atomic E-state index is 12.9. The quantitative estimate of drug-likeness (QED) is 0.872. The summed E-state index contributed by atoms with van der Waals surface area (Å²) in [6.45, 7) is 0. The van der Waals surface area contributed by atoms with Gasteiger partial charge in [0.2, 0.25) is 10.0 Å². The van der Waals surface area contributed by atoms with E-state index in [2.05, 4.69) is 20.7 Å². The maximum Gasteiger partial charge on any atom is 0.246 e. The van der Waals surface area contributed by atoms with E-state index in [9.17, 15) is 12.8 Å². The SMILES string of the molecule is O=S(=O)(CCl)Nc1ccc(Br)c(F)c1. The first-order chi connectivity index (χ1) is 6.44. The summed E-state index contributed by atoms with van der Waals surface area (Å²) >= 11 is 8.11. The van der Waals surface area contributed by atoms with Crippen molar-refractivity contribution in [2.75, 3.05) is 9.93 Å². The lowest BCUT2D eigenvalue weighted by Gasteiger charge is -2.05. The van der Waals surface area contributed by atoms with E-state index < -0.39 is 21.1 Å². The van der Waals surface area contributed by atoms with Gasteiger partial charge in [0.25, 0.3) is 0 Å². The van der Waals surface area contributed by atoms with Crippen molar-refractivity contribution in [1.29, 1.82) is 0 Å². The van der Waals surface area contributed by atoms with Gasteiger partial charge in [-0.3, -0.25) is 4.72 Å². The zero-order valence-corrected chi connectivity index (χ0v) is 9.96. The minimum Gasteiger partial charge on any atom is -0.282 e. The molecule has 7 heteroatoms. The molecule has 1 rings (SSSR count). The van der Waals surface area contributed by atoms with Crippen LogP contribution < -0.4 is 4.72 Å². The molecule has 0 aromatic heterocycles. The van der Waals surface area contributed by atoms with Gasteiger partial charge in [0, 0.05) is 0 Å². The number of halogens is 3. The van der Waals surface area contributed by atoms with Crippen LogP contribution in [0.2, 0.25) is 0 Å². The summed E-state index contributed by atoms with van der Waals surface area (Å²) in [5.74, 6) is -0.542. The van der Waals surface area contributed by atoms with Crippen LogP contribution >= 0.6 is 27.5 Å². The number of benzene rings is 1. The third-order valence-electron chi connectivity index (χ3n) is 1.34. The predicted octanol–water partition coefficient (Wildman–Crippen LogP) is 2.53. The minimum absolute atomic E-state index is 0.145. The van der Waals surface area contributed by atoms with Crippen LogP contribution in [0.4, 0.5) is 10.1 Å². The van der Waals surface area contributed by atoms with Crippen molar-refractivity contribution in [3.8, 4) is 0 Å². The van der Waals surface area contributed by atoms with Gasteiger partial charge in [-0.1, -0.05) is 0 Å². The average Bonchev–Trinajstić information content (AvgIpc) is 2.11. The fraction of sp³-hybridized carbons (Fsp3) is 0.143. The summed E-state index contributed by atoms with van der Waals surface area (Å²) in [5.41, 5.74) is 0.145. The first-order valence-corrected chi connectivity index (χ1v) is 6.44. The molecular formula is C7H6BrClFNO2S. The Morgan fingerprint density at radius 2 is 2.14 bits per heavy atom. The molecule has 1 aromatic rings. The zero-order chi connectivity index (χ0) is 10.8. The van der Waals surface area contributed by atoms with Crippen molar-refractivity contribution >= 4 is 43.2 Å². The maximum atomic E-state index is 12.9. The molecule has 0 atom stereocenters. The molecule has 0 aliphatic carbocycles. The standard InChI is InChI=1S/C7H6BrClFNO2S/c8-6-2-1-5(3-7(6)10)11-14(12,13)4-9/h1-3,11H,4H2. The molecule has 0 saturated carbocycles. The van der Waals surface area contributed by atoms with Crippen LogP contribution in [0.15, 0.2) is 22.7 Å². The van der Waals surface area contributed by atoms with Crippen LogP contribution in [0.3, 0.4) is 0 Å². The molecule has 0 aliphatic heterocycles. The monoisotopic (exact) mass is 301 g/mol. The van der Waals surface area contributed by atoms with Crippen molar-refractivity contribution in [2.45, 2.75) is 0 Å². The van der Waals surface area contributed by atoms with Gasteiger partial charge in [0.15, 0.2) is 0 Å². The molecule has 78 valence electrons. The summed E-state index contributed by atoms with van der Waals surface area (Å²) in [5, 5.41) is -0.565.